The highest BCUT2D eigenvalue weighted by Crippen LogP contribution is 2.28. The average Bonchev–Trinajstić information content (AvgIpc) is 3.23. The summed E-state index contributed by atoms with van der Waals surface area (Å²) < 4.78 is 10.8. The maximum atomic E-state index is 13.2. The zero-order valence-corrected chi connectivity index (χ0v) is 20.0. The first-order valence-corrected chi connectivity index (χ1v) is 11.6. The van der Waals surface area contributed by atoms with Gasteiger partial charge in [-0.2, -0.15) is 0 Å². The van der Waals surface area contributed by atoms with Crippen molar-refractivity contribution in [2.75, 3.05) is 0 Å². The molecule has 1 aliphatic carbocycles. The molecule has 0 heterocycles. The molecule has 7 heteroatoms. The Balaban J connectivity index is 2.07. The highest BCUT2D eigenvalue weighted by molar-refractivity contribution is 5.90. The second kappa shape index (κ2) is 11.9. The van der Waals surface area contributed by atoms with Crippen molar-refractivity contribution in [3.05, 3.63) is 35.9 Å². The van der Waals surface area contributed by atoms with Crippen LogP contribution >= 0.6 is 0 Å². The van der Waals surface area contributed by atoms with Gasteiger partial charge >= 0.3 is 12.1 Å². The summed E-state index contributed by atoms with van der Waals surface area (Å²) >= 11 is 0. The Morgan fingerprint density at radius 1 is 1.03 bits per heavy atom. The minimum Gasteiger partial charge on any atom is -0.459 e. The Hall–Kier alpha value is -2.57. The van der Waals surface area contributed by atoms with Crippen LogP contribution in [0.1, 0.15) is 72.3 Å². The highest BCUT2D eigenvalue weighted by atomic mass is 16.6. The Morgan fingerprint density at radius 2 is 1.66 bits per heavy atom. The van der Waals surface area contributed by atoms with Crippen molar-refractivity contribution >= 4 is 18.0 Å². The molecule has 0 aliphatic heterocycles. The molecule has 0 radical (unpaired) electrons. The van der Waals surface area contributed by atoms with Gasteiger partial charge in [-0.1, -0.05) is 57.0 Å². The van der Waals surface area contributed by atoms with Crippen molar-refractivity contribution in [3.8, 4) is 0 Å². The van der Waals surface area contributed by atoms with Gasteiger partial charge in [0.25, 0.3) is 0 Å². The van der Waals surface area contributed by atoms with Crippen LogP contribution in [0.25, 0.3) is 0 Å². The van der Waals surface area contributed by atoms with E-state index in [1.807, 2.05) is 44.2 Å². The van der Waals surface area contributed by atoms with Gasteiger partial charge in [0.2, 0.25) is 5.91 Å². The molecule has 0 bridgehead atoms. The molecule has 1 saturated carbocycles. The number of nitrogens with one attached hydrogen (secondary N) is 2. The van der Waals surface area contributed by atoms with E-state index < -0.39 is 29.7 Å². The molecule has 0 saturated heterocycles. The zero-order chi connectivity index (χ0) is 23.7. The van der Waals surface area contributed by atoms with Gasteiger partial charge in [0.1, 0.15) is 24.3 Å². The Labute approximate surface area is 191 Å². The second-order valence-electron chi connectivity index (χ2n) is 9.95. The number of amides is 2. The topological polar surface area (TPSA) is 93.7 Å². The molecule has 1 aliphatic rings. The van der Waals surface area contributed by atoms with E-state index in [-0.39, 0.29) is 24.3 Å². The molecule has 0 aromatic heterocycles. The number of carbonyl (C=O) groups is 3. The molecule has 2 rings (SSSR count). The van der Waals surface area contributed by atoms with Gasteiger partial charge < -0.3 is 20.1 Å². The number of alkyl carbamates (subject to hydrolysis) is 1. The van der Waals surface area contributed by atoms with Crippen LogP contribution < -0.4 is 10.6 Å². The minimum atomic E-state index is -0.782. The highest BCUT2D eigenvalue weighted by Gasteiger charge is 2.35. The molecular formula is C25H38N2O5. The van der Waals surface area contributed by atoms with Gasteiger partial charge in [-0.15, -0.1) is 0 Å². The lowest BCUT2D eigenvalue weighted by Crippen LogP contribution is -2.55. The van der Waals surface area contributed by atoms with E-state index >= 15 is 0 Å². The first-order valence-electron chi connectivity index (χ1n) is 11.6. The van der Waals surface area contributed by atoms with Gasteiger partial charge in [-0.25, -0.2) is 9.59 Å². The normalized spacial score (nSPS) is 16.3. The lowest BCUT2D eigenvalue weighted by atomic mass is 9.96. The summed E-state index contributed by atoms with van der Waals surface area (Å²) in [5, 5.41) is 5.59. The van der Waals surface area contributed by atoms with Crippen LogP contribution in [0.15, 0.2) is 30.3 Å². The van der Waals surface area contributed by atoms with Gasteiger partial charge in [0.05, 0.1) is 0 Å². The van der Waals surface area contributed by atoms with Crippen LogP contribution in [0.2, 0.25) is 0 Å². The Morgan fingerprint density at radius 3 is 2.22 bits per heavy atom. The third kappa shape index (κ3) is 8.89. The summed E-state index contributed by atoms with van der Waals surface area (Å²) in [5.74, 6) is -0.653. The zero-order valence-electron chi connectivity index (χ0n) is 20.0. The quantitative estimate of drug-likeness (QED) is 0.550. The van der Waals surface area contributed by atoms with Gasteiger partial charge in [-0.3, -0.25) is 4.79 Å². The summed E-state index contributed by atoms with van der Waals surface area (Å²) in [6, 6.07) is 7.89. The van der Waals surface area contributed by atoms with Crippen LogP contribution in [0.3, 0.4) is 0 Å². The van der Waals surface area contributed by atoms with Crippen LogP contribution in [-0.4, -0.2) is 35.7 Å². The molecule has 2 atom stereocenters. The molecule has 0 unspecified atom stereocenters. The fraction of sp³-hybridized carbons (Fsp3) is 0.640. The first kappa shape index (κ1) is 25.7. The van der Waals surface area contributed by atoms with Gasteiger partial charge in [0.15, 0.2) is 0 Å². The van der Waals surface area contributed by atoms with Crippen molar-refractivity contribution in [3.63, 3.8) is 0 Å². The Kier molecular flexibility index (Phi) is 9.54. The fourth-order valence-electron chi connectivity index (χ4n) is 3.90. The van der Waals surface area contributed by atoms with Crippen LogP contribution in [-0.2, 0) is 25.7 Å². The van der Waals surface area contributed by atoms with E-state index in [0.29, 0.717) is 6.42 Å². The molecular weight excluding hydrogens is 408 g/mol. The summed E-state index contributed by atoms with van der Waals surface area (Å²) in [6.07, 6.45) is 3.54. The van der Waals surface area contributed by atoms with Crippen molar-refractivity contribution in [2.24, 2.45) is 11.8 Å². The van der Waals surface area contributed by atoms with Crippen molar-refractivity contribution < 1.29 is 23.9 Å². The molecule has 32 heavy (non-hydrogen) atoms. The predicted molar refractivity (Wildman–Crippen MR) is 123 cm³/mol. The molecule has 1 fully saturated rings. The molecule has 1 aromatic carbocycles. The average molecular weight is 447 g/mol. The summed E-state index contributed by atoms with van der Waals surface area (Å²) in [5.41, 5.74) is 0.216. The van der Waals surface area contributed by atoms with Crippen molar-refractivity contribution in [1.29, 1.82) is 0 Å². The SMILES string of the molecule is CC(C)C[C@H](NC(=O)[C@H](NC(=O)OC(C)(C)C)C1CCCC1)C(=O)OCc1ccccc1. The smallest absolute Gasteiger partial charge is 0.408 e. The lowest BCUT2D eigenvalue weighted by molar-refractivity contribution is -0.150. The van der Waals surface area contributed by atoms with Gasteiger partial charge in [-0.05, 0) is 57.4 Å². The third-order valence-corrected chi connectivity index (χ3v) is 5.36. The number of carbonyl (C=O) groups excluding carboxylic acids is 3. The van der Waals surface area contributed by atoms with E-state index in [2.05, 4.69) is 10.6 Å². The van der Waals surface area contributed by atoms with Crippen LogP contribution in [0.4, 0.5) is 4.79 Å². The number of benzene rings is 1. The van der Waals surface area contributed by atoms with E-state index in [9.17, 15) is 14.4 Å². The largest absolute Gasteiger partial charge is 0.459 e. The van der Waals surface area contributed by atoms with E-state index in [1.165, 1.54) is 0 Å². The van der Waals surface area contributed by atoms with E-state index in [0.717, 1.165) is 31.2 Å². The van der Waals surface area contributed by atoms with Crippen molar-refractivity contribution in [1.82, 2.24) is 10.6 Å². The summed E-state index contributed by atoms with van der Waals surface area (Å²) in [6.45, 7) is 9.44. The fourth-order valence-corrected chi connectivity index (χ4v) is 3.90. The van der Waals surface area contributed by atoms with Crippen LogP contribution in [0, 0.1) is 11.8 Å². The molecule has 2 amide bonds. The molecule has 7 nitrogen and oxygen atoms in total. The van der Waals surface area contributed by atoms with E-state index in [4.69, 9.17) is 9.47 Å². The minimum absolute atomic E-state index is 0.0163. The monoisotopic (exact) mass is 446 g/mol. The summed E-state index contributed by atoms with van der Waals surface area (Å²) in [4.78, 5) is 38.4. The first-order chi connectivity index (χ1) is 15.0. The number of hydrogen-bond donors (Lipinski definition) is 2. The maximum Gasteiger partial charge on any atom is 0.408 e. The van der Waals surface area contributed by atoms with Gasteiger partial charge in [0, 0.05) is 0 Å². The van der Waals surface area contributed by atoms with Crippen molar-refractivity contribution in [2.45, 2.75) is 91.0 Å². The predicted octanol–water partition coefficient (Wildman–Crippen LogP) is 4.34. The van der Waals surface area contributed by atoms with Crippen LogP contribution in [0.5, 0.6) is 0 Å². The molecule has 1 aromatic rings. The molecule has 178 valence electrons. The molecule has 2 N–H and O–H groups in total. The standard InChI is InChI=1S/C25H38N2O5/c1-17(2)15-20(23(29)31-16-18-11-7-6-8-12-18)26-22(28)21(19-13-9-10-14-19)27-24(30)32-25(3,4)5/h6-8,11-12,17,19-21H,9-10,13-16H2,1-5H3,(H,26,28)(H,27,30)/t20-,21+/m0/s1. The summed E-state index contributed by atoms with van der Waals surface area (Å²) in [7, 11) is 0. The lowest BCUT2D eigenvalue weighted by Gasteiger charge is -2.28. The number of hydrogen-bond acceptors (Lipinski definition) is 5. The Bertz CT molecular complexity index is 751. The van der Waals surface area contributed by atoms with E-state index in [1.54, 1.807) is 20.8 Å². The number of rotatable bonds is 9. The second-order valence-corrected chi connectivity index (χ2v) is 9.95. The maximum absolute atomic E-state index is 13.2. The number of esters is 1. The third-order valence-electron chi connectivity index (χ3n) is 5.36. The molecule has 0 spiro atoms. The number of ether oxygens (including phenoxy) is 2.